The molecule has 0 aliphatic carbocycles. The number of benzene rings is 1. The Hall–Kier alpha value is -1.74. The Labute approximate surface area is 202 Å². The van der Waals surface area contributed by atoms with E-state index in [9.17, 15) is 9.59 Å². The van der Waals surface area contributed by atoms with Crippen molar-refractivity contribution in [2.24, 2.45) is 0 Å². The van der Waals surface area contributed by atoms with Gasteiger partial charge in [0.25, 0.3) is 0 Å². The molecule has 1 aromatic heterocycles. The molecular weight excluding hydrogens is 452 g/mol. The molecule has 0 radical (unpaired) electrons. The highest BCUT2D eigenvalue weighted by atomic mass is 32.2. The van der Waals surface area contributed by atoms with Crippen LogP contribution in [0.2, 0.25) is 16.6 Å². The lowest BCUT2D eigenvalue weighted by molar-refractivity contribution is 0.0819. The van der Waals surface area contributed by atoms with Crippen LogP contribution in [0.4, 0.5) is 0 Å². The first-order chi connectivity index (χ1) is 15.6. The van der Waals surface area contributed by atoms with Crippen LogP contribution in [0.15, 0.2) is 47.4 Å². The predicted molar refractivity (Wildman–Crippen MR) is 136 cm³/mol. The van der Waals surface area contributed by atoms with E-state index in [0.717, 1.165) is 0 Å². The van der Waals surface area contributed by atoms with Gasteiger partial charge in [0.15, 0.2) is 14.1 Å². The van der Waals surface area contributed by atoms with Crippen molar-refractivity contribution >= 4 is 25.9 Å². The Kier molecular flexibility index (Phi) is 8.72. The predicted octanol–water partition coefficient (Wildman–Crippen LogP) is 5.45. The zero-order valence-electron chi connectivity index (χ0n) is 20.5. The van der Waals surface area contributed by atoms with Gasteiger partial charge in [0.1, 0.15) is 10.8 Å². The van der Waals surface area contributed by atoms with E-state index in [2.05, 4.69) is 46.5 Å². The van der Waals surface area contributed by atoms with Crippen molar-refractivity contribution in [3.8, 4) is 0 Å². The Morgan fingerprint density at radius 3 is 2.33 bits per heavy atom. The number of rotatable bonds is 10. The van der Waals surface area contributed by atoms with Crippen molar-refractivity contribution in [3.63, 3.8) is 0 Å². The molecule has 180 valence electrons. The molecule has 2 heterocycles. The fourth-order valence-corrected chi connectivity index (χ4v) is 11.7. The molecule has 2 atom stereocenters. The maximum atomic E-state index is 12.7. The largest absolute Gasteiger partial charge is 0.412 e. The molecule has 33 heavy (non-hydrogen) atoms. The van der Waals surface area contributed by atoms with Crippen molar-refractivity contribution in [1.29, 1.82) is 0 Å². The van der Waals surface area contributed by atoms with Gasteiger partial charge in [0.2, 0.25) is 0 Å². The minimum atomic E-state index is -1.96. The van der Waals surface area contributed by atoms with E-state index in [1.54, 1.807) is 40.7 Å². The quantitative estimate of drug-likeness (QED) is 0.327. The number of aromatic nitrogens is 2. The highest BCUT2D eigenvalue weighted by Crippen LogP contribution is 2.43. The topological polar surface area (TPSA) is 70.4 Å². The fourth-order valence-electron chi connectivity index (χ4n) is 5.05. The molecule has 1 saturated heterocycles. The summed E-state index contributed by atoms with van der Waals surface area (Å²) in [6.45, 7) is 14.6. The monoisotopic (exact) mass is 488 g/mol. The first-order valence-electron chi connectivity index (χ1n) is 11.7. The summed E-state index contributed by atoms with van der Waals surface area (Å²) in [6.07, 6.45) is 1.83. The van der Waals surface area contributed by atoms with E-state index in [4.69, 9.17) is 9.16 Å². The molecule has 3 rings (SSSR count). The summed E-state index contributed by atoms with van der Waals surface area (Å²) in [5.41, 5.74) is 2.18. The van der Waals surface area contributed by atoms with Crippen molar-refractivity contribution in [1.82, 2.24) is 9.55 Å². The molecule has 6 nitrogen and oxygen atoms in total. The fraction of sp³-hybridized carbons (Fsp3) is 0.560. The standard InChI is InChI=1S/C25H36N2O4SSi/c1-17(2)33(18(3)4,19(5)6)31-16-24-30-15-23(32-24)27-13-12-21(26-25(27)29)14-22(28)20-10-8-7-9-11-20/h7-13,17-19,23-24H,14-16H2,1-6H3/t23-,24-/m0/s1. The molecule has 0 saturated carbocycles. The van der Waals surface area contributed by atoms with Gasteiger partial charge in [-0.15, -0.1) is 11.8 Å². The third-order valence-electron chi connectivity index (χ3n) is 6.55. The second-order valence-electron chi connectivity index (χ2n) is 9.56. The van der Waals surface area contributed by atoms with Crippen LogP contribution in [0.3, 0.4) is 0 Å². The molecule has 8 heteroatoms. The number of ether oxygens (including phenoxy) is 1. The van der Waals surface area contributed by atoms with Crippen LogP contribution in [0.5, 0.6) is 0 Å². The highest BCUT2D eigenvalue weighted by molar-refractivity contribution is 8.00. The lowest BCUT2D eigenvalue weighted by Gasteiger charge is -2.42. The molecule has 0 amide bonds. The second-order valence-corrected chi connectivity index (χ2v) is 16.4. The number of carbonyl (C=O) groups is 1. The van der Waals surface area contributed by atoms with E-state index in [0.29, 0.717) is 41.1 Å². The number of nitrogens with zero attached hydrogens (tertiary/aromatic N) is 2. The zero-order chi connectivity index (χ0) is 24.2. The van der Waals surface area contributed by atoms with E-state index in [-0.39, 0.29) is 28.7 Å². The molecule has 0 N–H and O–H groups in total. The van der Waals surface area contributed by atoms with Gasteiger partial charge in [-0.05, 0) is 22.7 Å². The molecule has 0 bridgehead atoms. The lowest BCUT2D eigenvalue weighted by atomic mass is 10.1. The maximum Gasteiger partial charge on any atom is 0.348 e. The summed E-state index contributed by atoms with van der Waals surface area (Å²) in [6, 6.07) is 10.8. The van der Waals surface area contributed by atoms with Crippen LogP contribution in [0.25, 0.3) is 0 Å². The number of hydrogen-bond donors (Lipinski definition) is 0. The molecule has 2 aromatic rings. The zero-order valence-corrected chi connectivity index (χ0v) is 22.3. The third-order valence-corrected chi connectivity index (χ3v) is 13.9. The molecule has 0 spiro atoms. The minimum absolute atomic E-state index is 0.0517. The van der Waals surface area contributed by atoms with Crippen LogP contribution >= 0.6 is 11.8 Å². The summed E-state index contributed by atoms with van der Waals surface area (Å²) < 4.78 is 14.2. The minimum Gasteiger partial charge on any atom is -0.412 e. The molecule has 1 aliphatic heterocycles. The van der Waals surface area contributed by atoms with Gasteiger partial charge in [0, 0.05) is 11.8 Å². The molecule has 1 fully saturated rings. The summed E-state index contributed by atoms with van der Waals surface area (Å²) in [5.74, 6) is -0.0517. The van der Waals surface area contributed by atoms with Crippen molar-refractivity contribution in [2.75, 3.05) is 13.2 Å². The van der Waals surface area contributed by atoms with E-state index < -0.39 is 8.32 Å². The summed E-state index contributed by atoms with van der Waals surface area (Å²) in [4.78, 5) is 29.3. The second kappa shape index (κ2) is 11.1. The Morgan fingerprint density at radius 1 is 1.12 bits per heavy atom. The summed E-state index contributed by atoms with van der Waals surface area (Å²) in [5, 5.41) is -0.148. The van der Waals surface area contributed by atoms with E-state index >= 15 is 0 Å². The van der Waals surface area contributed by atoms with E-state index in [1.807, 2.05) is 18.2 Å². The first-order valence-corrected chi connectivity index (χ1v) is 14.8. The highest BCUT2D eigenvalue weighted by Gasteiger charge is 2.46. The van der Waals surface area contributed by atoms with Crippen molar-refractivity contribution in [2.45, 2.75) is 75.4 Å². The summed E-state index contributed by atoms with van der Waals surface area (Å²) >= 11 is 1.60. The molecule has 1 aromatic carbocycles. The summed E-state index contributed by atoms with van der Waals surface area (Å²) in [7, 11) is -1.96. The van der Waals surface area contributed by atoms with Crippen molar-refractivity contribution in [3.05, 3.63) is 64.3 Å². The Balaban J connectivity index is 1.63. The smallest absolute Gasteiger partial charge is 0.348 e. The van der Waals surface area contributed by atoms with Crippen LogP contribution in [0.1, 0.15) is 63.0 Å². The van der Waals surface area contributed by atoms with Crippen LogP contribution < -0.4 is 5.69 Å². The van der Waals surface area contributed by atoms with Crippen LogP contribution in [-0.2, 0) is 15.6 Å². The van der Waals surface area contributed by atoms with Gasteiger partial charge in [-0.25, -0.2) is 4.79 Å². The molecule has 0 unspecified atom stereocenters. The van der Waals surface area contributed by atoms with Gasteiger partial charge < -0.3 is 9.16 Å². The van der Waals surface area contributed by atoms with E-state index in [1.165, 1.54) is 0 Å². The first kappa shape index (κ1) is 25.9. The average molecular weight is 489 g/mol. The van der Waals surface area contributed by atoms with Crippen LogP contribution in [-0.4, -0.2) is 42.3 Å². The normalized spacial score (nSPS) is 19.1. The van der Waals surface area contributed by atoms with Gasteiger partial charge in [0.05, 0.1) is 25.3 Å². The Bertz CT molecular complexity index is 972. The number of hydrogen-bond acceptors (Lipinski definition) is 6. The SMILES string of the molecule is CC(C)[Si](OC[C@H]1OC[C@@H](n2ccc(CC(=O)c3ccccc3)nc2=O)S1)(C(C)C)C(C)C. The maximum absolute atomic E-state index is 12.7. The van der Waals surface area contributed by atoms with Gasteiger partial charge >= 0.3 is 5.69 Å². The Morgan fingerprint density at radius 2 is 1.76 bits per heavy atom. The average Bonchev–Trinajstić information content (AvgIpc) is 3.23. The molecule has 1 aliphatic rings. The lowest BCUT2D eigenvalue weighted by Crippen LogP contribution is -2.48. The number of ketones is 1. The van der Waals surface area contributed by atoms with Crippen molar-refractivity contribution < 1.29 is 14.0 Å². The van der Waals surface area contributed by atoms with Gasteiger partial charge in [-0.2, -0.15) is 4.98 Å². The number of carbonyl (C=O) groups excluding carboxylic acids is 1. The van der Waals surface area contributed by atoms with Gasteiger partial charge in [-0.3, -0.25) is 9.36 Å². The van der Waals surface area contributed by atoms with Gasteiger partial charge in [-0.1, -0.05) is 71.9 Å². The molecular formula is C25H36N2O4SSi. The number of Topliss-reactive ketones (excluding diaryl/α,β-unsaturated/α-hetero) is 1. The third kappa shape index (κ3) is 5.85. The number of thioether (sulfide) groups is 1. The van der Waals surface area contributed by atoms with Crippen LogP contribution in [0, 0.1) is 0 Å².